The highest BCUT2D eigenvalue weighted by atomic mass is 16.3. The van der Waals surface area contributed by atoms with Crippen LogP contribution in [0.25, 0.3) is 0 Å². The van der Waals surface area contributed by atoms with E-state index in [1.807, 2.05) is 42.5 Å². The van der Waals surface area contributed by atoms with Crippen molar-refractivity contribution in [1.82, 2.24) is 5.32 Å². The van der Waals surface area contributed by atoms with Gasteiger partial charge in [0.1, 0.15) is 0 Å². The van der Waals surface area contributed by atoms with Gasteiger partial charge in [-0.15, -0.1) is 0 Å². The number of para-hydroxylation sites is 1. The molecule has 0 bridgehead atoms. The lowest BCUT2D eigenvalue weighted by atomic mass is 10.1. The zero-order chi connectivity index (χ0) is 17.8. The van der Waals surface area contributed by atoms with Crippen LogP contribution in [0.1, 0.15) is 36.1 Å². The summed E-state index contributed by atoms with van der Waals surface area (Å²) in [6.07, 6.45) is 1.53. The summed E-state index contributed by atoms with van der Waals surface area (Å²) in [5.41, 5.74) is 3.51. The second-order valence-corrected chi connectivity index (χ2v) is 6.28. The molecule has 2 aromatic carbocycles. The van der Waals surface area contributed by atoms with Gasteiger partial charge in [-0.05, 0) is 29.2 Å². The number of aliphatic hydroxyl groups excluding tert-OH is 1. The number of anilines is 1. The first-order valence-electron chi connectivity index (χ1n) is 8.55. The molecule has 1 aliphatic rings. The molecule has 2 atom stereocenters. The fourth-order valence-electron chi connectivity index (χ4n) is 3.26. The molecule has 25 heavy (non-hydrogen) atoms. The average molecular weight is 338 g/mol. The summed E-state index contributed by atoms with van der Waals surface area (Å²) in [6, 6.07) is 14.4. The van der Waals surface area contributed by atoms with Gasteiger partial charge in [-0.3, -0.25) is 9.59 Å². The molecule has 0 aliphatic heterocycles. The predicted molar refractivity (Wildman–Crippen MR) is 96.1 cm³/mol. The largest absolute Gasteiger partial charge is 0.390 e. The van der Waals surface area contributed by atoms with Gasteiger partial charge in [-0.2, -0.15) is 0 Å². The number of carbonyl (C=O) groups is 2. The molecule has 5 nitrogen and oxygen atoms in total. The van der Waals surface area contributed by atoms with Gasteiger partial charge in [0.25, 0.3) is 0 Å². The Balaban J connectivity index is 1.69. The third-order valence-electron chi connectivity index (χ3n) is 4.48. The maximum Gasteiger partial charge on any atom is 0.313 e. The van der Waals surface area contributed by atoms with Crippen LogP contribution in [0, 0.1) is 0 Å². The number of nitrogens with one attached hydrogen (secondary N) is 2. The Kier molecular flexibility index (Phi) is 5.14. The van der Waals surface area contributed by atoms with Gasteiger partial charge in [0, 0.05) is 12.1 Å². The van der Waals surface area contributed by atoms with E-state index in [0.717, 1.165) is 29.5 Å². The SMILES string of the molecule is CCCc1ccccc1NC(=O)C(=O)NC1c2ccccc2CC1O. The number of hydrogen-bond acceptors (Lipinski definition) is 3. The molecule has 3 N–H and O–H groups in total. The zero-order valence-corrected chi connectivity index (χ0v) is 14.2. The molecular formula is C20H22N2O3. The molecule has 0 spiro atoms. The van der Waals surface area contributed by atoms with Crippen molar-refractivity contribution in [3.05, 3.63) is 65.2 Å². The smallest absolute Gasteiger partial charge is 0.313 e. The van der Waals surface area contributed by atoms with Crippen LogP contribution in [0.15, 0.2) is 48.5 Å². The summed E-state index contributed by atoms with van der Waals surface area (Å²) < 4.78 is 0. The van der Waals surface area contributed by atoms with Crippen LogP contribution in [0.5, 0.6) is 0 Å². The quantitative estimate of drug-likeness (QED) is 0.749. The molecule has 2 unspecified atom stereocenters. The van der Waals surface area contributed by atoms with Crippen molar-refractivity contribution in [2.45, 2.75) is 38.3 Å². The molecule has 0 radical (unpaired) electrons. The highest BCUT2D eigenvalue weighted by Crippen LogP contribution is 2.31. The lowest BCUT2D eigenvalue weighted by Gasteiger charge is -2.18. The molecule has 0 saturated carbocycles. The topological polar surface area (TPSA) is 78.4 Å². The monoisotopic (exact) mass is 338 g/mol. The third kappa shape index (κ3) is 3.72. The lowest BCUT2D eigenvalue weighted by molar-refractivity contribution is -0.137. The number of rotatable bonds is 4. The maximum absolute atomic E-state index is 12.3. The van der Waals surface area contributed by atoms with Crippen molar-refractivity contribution in [3.63, 3.8) is 0 Å². The number of aryl methyl sites for hydroxylation is 1. The van der Waals surface area contributed by atoms with Crippen molar-refractivity contribution in [2.75, 3.05) is 5.32 Å². The summed E-state index contributed by atoms with van der Waals surface area (Å²) in [6.45, 7) is 2.06. The molecule has 0 aromatic heterocycles. The fraction of sp³-hybridized carbons (Fsp3) is 0.300. The minimum absolute atomic E-state index is 0.474. The van der Waals surface area contributed by atoms with Crippen LogP contribution < -0.4 is 10.6 Å². The fourth-order valence-corrected chi connectivity index (χ4v) is 3.26. The number of fused-ring (bicyclic) bond motifs is 1. The molecule has 5 heteroatoms. The van der Waals surface area contributed by atoms with Crippen molar-refractivity contribution in [3.8, 4) is 0 Å². The summed E-state index contributed by atoms with van der Waals surface area (Å²) in [7, 11) is 0. The van der Waals surface area contributed by atoms with Gasteiger partial charge in [-0.25, -0.2) is 0 Å². The van der Waals surface area contributed by atoms with E-state index in [-0.39, 0.29) is 0 Å². The number of amides is 2. The Hall–Kier alpha value is -2.66. The third-order valence-corrected chi connectivity index (χ3v) is 4.48. The van der Waals surface area contributed by atoms with Crippen molar-refractivity contribution in [2.24, 2.45) is 0 Å². The van der Waals surface area contributed by atoms with Crippen molar-refractivity contribution in [1.29, 1.82) is 0 Å². The lowest BCUT2D eigenvalue weighted by Crippen LogP contribution is -2.40. The van der Waals surface area contributed by atoms with Crippen molar-refractivity contribution >= 4 is 17.5 Å². The second kappa shape index (κ2) is 7.49. The first kappa shape index (κ1) is 17.2. The molecular weight excluding hydrogens is 316 g/mol. The van der Waals surface area contributed by atoms with Gasteiger partial charge >= 0.3 is 11.8 Å². The van der Waals surface area contributed by atoms with Crippen LogP contribution in [0.4, 0.5) is 5.69 Å². The minimum atomic E-state index is -0.743. The standard InChI is InChI=1S/C20H22N2O3/c1-2-7-13-8-4-6-11-16(13)21-19(24)20(25)22-18-15-10-5-3-9-14(15)12-17(18)23/h3-6,8-11,17-18,23H,2,7,12H2,1H3,(H,21,24)(H,22,25). The van der Waals surface area contributed by atoms with E-state index in [9.17, 15) is 14.7 Å². The van der Waals surface area contributed by atoms with E-state index in [1.54, 1.807) is 6.07 Å². The van der Waals surface area contributed by atoms with E-state index >= 15 is 0 Å². The highest BCUT2D eigenvalue weighted by molar-refractivity contribution is 6.39. The van der Waals surface area contributed by atoms with Gasteiger partial charge in [0.2, 0.25) is 0 Å². The average Bonchev–Trinajstić information content (AvgIpc) is 2.92. The summed E-state index contributed by atoms with van der Waals surface area (Å²) in [5.74, 6) is -1.47. The summed E-state index contributed by atoms with van der Waals surface area (Å²) >= 11 is 0. The molecule has 0 fully saturated rings. The maximum atomic E-state index is 12.3. The first-order valence-corrected chi connectivity index (χ1v) is 8.55. The molecule has 1 aliphatic carbocycles. The van der Waals surface area contributed by atoms with E-state index < -0.39 is 24.0 Å². The van der Waals surface area contributed by atoms with Gasteiger partial charge < -0.3 is 15.7 Å². The van der Waals surface area contributed by atoms with Crippen molar-refractivity contribution < 1.29 is 14.7 Å². The van der Waals surface area contributed by atoms with E-state index in [0.29, 0.717) is 12.1 Å². The highest BCUT2D eigenvalue weighted by Gasteiger charge is 2.33. The van der Waals surface area contributed by atoms with E-state index in [4.69, 9.17) is 0 Å². The molecule has 2 amide bonds. The Morgan fingerprint density at radius 1 is 1.08 bits per heavy atom. The van der Waals surface area contributed by atoms with Crippen LogP contribution in [0.2, 0.25) is 0 Å². The second-order valence-electron chi connectivity index (χ2n) is 6.28. The van der Waals surface area contributed by atoms with Crippen LogP contribution >= 0.6 is 0 Å². The summed E-state index contributed by atoms with van der Waals surface area (Å²) in [5, 5.41) is 15.5. The van der Waals surface area contributed by atoms with Gasteiger partial charge in [-0.1, -0.05) is 55.8 Å². The Morgan fingerprint density at radius 3 is 2.60 bits per heavy atom. The molecule has 130 valence electrons. The van der Waals surface area contributed by atoms with Gasteiger partial charge in [0.15, 0.2) is 0 Å². The molecule has 0 heterocycles. The number of benzene rings is 2. The molecule has 0 saturated heterocycles. The first-order chi connectivity index (χ1) is 12.1. The van der Waals surface area contributed by atoms with Crippen LogP contribution in [-0.2, 0) is 22.4 Å². The number of carbonyl (C=O) groups excluding carboxylic acids is 2. The minimum Gasteiger partial charge on any atom is -0.390 e. The van der Waals surface area contributed by atoms with Crippen LogP contribution in [-0.4, -0.2) is 23.0 Å². The molecule has 3 rings (SSSR count). The summed E-state index contributed by atoms with van der Waals surface area (Å²) in [4.78, 5) is 24.6. The predicted octanol–water partition coefficient (Wildman–Crippen LogP) is 2.35. The van der Waals surface area contributed by atoms with E-state index in [1.165, 1.54) is 0 Å². The van der Waals surface area contributed by atoms with Crippen LogP contribution in [0.3, 0.4) is 0 Å². The number of aliphatic hydroxyl groups is 1. The van der Waals surface area contributed by atoms with E-state index in [2.05, 4.69) is 17.6 Å². The van der Waals surface area contributed by atoms with Gasteiger partial charge in [0.05, 0.1) is 12.1 Å². The molecule has 2 aromatic rings. The normalized spacial score (nSPS) is 18.5. The number of hydrogen-bond donors (Lipinski definition) is 3. The Labute approximate surface area is 147 Å². The zero-order valence-electron chi connectivity index (χ0n) is 14.2. The Morgan fingerprint density at radius 2 is 1.80 bits per heavy atom. The Bertz CT molecular complexity index is 788.